The first-order chi connectivity index (χ1) is 22.5. The smallest absolute Gasteiger partial charge is 0.275 e. The Morgan fingerprint density at radius 2 is 1.52 bits per heavy atom. The van der Waals surface area contributed by atoms with Crippen LogP contribution in [-0.2, 0) is 19.5 Å². The number of piperazine rings is 1. The number of carbonyl (C=O) groups excluding carboxylic acids is 1. The van der Waals surface area contributed by atoms with Gasteiger partial charge in [0.05, 0.1) is 30.2 Å². The van der Waals surface area contributed by atoms with E-state index in [9.17, 15) is 9.90 Å². The zero-order valence-corrected chi connectivity index (χ0v) is 26.0. The number of aromatic nitrogens is 4. The Morgan fingerprint density at radius 3 is 2.24 bits per heavy atom. The molecule has 1 aliphatic carbocycles. The Hall–Kier alpha value is -4.60. The highest BCUT2D eigenvalue weighted by Gasteiger charge is 2.36. The predicted octanol–water partition coefficient (Wildman–Crippen LogP) is 5.86. The summed E-state index contributed by atoms with van der Waals surface area (Å²) >= 11 is 0. The van der Waals surface area contributed by atoms with Crippen molar-refractivity contribution in [2.45, 2.75) is 63.3 Å². The number of nitrogens with zero attached hydrogens (tertiary/aromatic N) is 6. The van der Waals surface area contributed by atoms with Crippen LogP contribution in [-0.4, -0.2) is 71.8 Å². The molecule has 2 aliphatic rings. The van der Waals surface area contributed by atoms with Crippen molar-refractivity contribution in [1.29, 1.82) is 0 Å². The van der Waals surface area contributed by atoms with E-state index in [0.29, 0.717) is 43.5 Å². The topological polar surface area (TPSA) is 101 Å². The van der Waals surface area contributed by atoms with Crippen LogP contribution in [0.3, 0.4) is 0 Å². The number of rotatable bonds is 9. The van der Waals surface area contributed by atoms with E-state index in [1.165, 1.54) is 5.56 Å². The summed E-state index contributed by atoms with van der Waals surface area (Å²) < 4.78 is 8.11. The molecule has 7 rings (SSSR count). The average Bonchev–Trinajstić information content (AvgIpc) is 3.73. The van der Waals surface area contributed by atoms with Crippen molar-refractivity contribution in [1.82, 2.24) is 29.5 Å². The first-order valence-corrected chi connectivity index (χ1v) is 16.3. The fourth-order valence-electron chi connectivity index (χ4n) is 6.96. The lowest BCUT2D eigenvalue weighted by molar-refractivity contribution is -0.0111. The quantitative estimate of drug-likeness (QED) is 0.221. The fraction of sp³-hybridized carbons (Fsp3) is 0.351. The number of benzene rings is 3. The summed E-state index contributed by atoms with van der Waals surface area (Å²) in [6.45, 7) is 3.14. The van der Waals surface area contributed by atoms with E-state index in [0.717, 1.165) is 62.0 Å². The van der Waals surface area contributed by atoms with Crippen molar-refractivity contribution < 1.29 is 14.3 Å². The highest BCUT2D eigenvalue weighted by molar-refractivity contribution is 5.98. The zero-order valence-electron chi connectivity index (χ0n) is 26.0. The van der Waals surface area contributed by atoms with Crippen molar-refractivity contribution in [2.24, 2.45) is 0 Å². The molecule has 1 saturated carbocycles. The lowest BCUT2D eigenvalue weighted by Crippen LogP contribution is -2.55. The van der Waals surface area contributed by atoms with E-state index >= 15 is 0 Å². The molecule has 0 bridgehead atoms. The summed E-state index contributed by atoms with van der Waals surface area (Å²) in [7, 11) is 0. The Morgan fingerprint density at radius 1 is 0.848 bits per heavy atom. The molecular formula is C37H40N6O3. The van der Waals surface area contributed by atoms with Gasteiger partial charge in [-0.15, -0.1) is 10.2 Å². The standard InChI is InChI=1S/C37H40N6O3/c44-36(33-34(29-15-7-2-8-16-29)42(27-38-33)26-37(45)19-11-4-12-20-37)43-22-21-41(24-28-13-5-1-6-14-28)25-31(43)23-32-39-40-35(46-32)30-17-9-3-10-18-30/h1-3,5-10,13-18,27,31,45H,4,11-12,19-26H2/t31-/m1/s1. The van der Waals surface area contributed by atoms with Crippen LogP contribution in [0.25, 0.3) is 22.7 Å². The van der Waals surface area contributed by atoms with Gasteiger partial charge in [0.15, 0.2) is 5.69 Å². The van der Waals surface area contributed by atoms with Gasteiger partial charge in [-0.05, 0) is 30.5 Å². The normalized spacial score (nSPS) is 18.5. The Kier molecular flexibility index (Phi) is 8.76. The van der Waals surface area contributed by atoms with Crippen LogP contribution >= 0.6 is 0 Å². The third-order valence-corrected chi connectivity index (χ3v) is 9.31. The minimum atomic E-state index is -0.803. The molecule has 0 unspecified atom stereocenters. The van der Waals surface area contributed by atoms with Crippen molar-refractivity contribution in [2.75, 3.05) is 19.6 Å². The summed E-state index contributed by atoms with van der Waals surface area (Å²) in [6.07, 6.45) is 6.83. The lowest BCUT2D eigenvalue weighted by atomic mass is 9.84. The van der Waals surface area contributed by atoms with Gasteiger partial charge in [-0.1, -0.05) is 98.1 Å². The summed E-state index contributed by atoms with van der Waals surface area (Å²) in [5.74, 6) is 0.841. The number of hydrogen-bond donors (Lipinski definition) is 1. The van der Waals surface area contributed by atoms with Crippen LogP contribution in [0.1, 0.15) is 54.0 Å². The summed E-state index contributed by atoms with van der Waals surface area (Å²) in [6, 6.07) is 29.9. The van der Waals surface area contributed by atoms with E-state index < -0.39 is 5.60 Å². The first kappa shape index (κ1) is 30.1. The Balaban J connectivity index is 1.19. The fourth-order valence-corrected chi connectivity index (χ4v) is 6.96. The van der Waals surface area contributed by atoms with Gasteiger partial charge >= 0.3 is 0 Å². The van der Waals surface area contributed by atoms with Crippen LogP contribution in [0.2, 0.25) is 0 Å². The maximum atomic E-state index is 14.6. The van der Waals surface area contributed by atoms with Crippen LogP contribution in [0.5, 0.6) is 0 Å². The number of amides is 1. The van der Waals surface area contributed by atoms with E-state index in [1.54, 1.807) is 6.33 Å². The molecule has 3 aromatic carbocycles. The van der Waals surface area contributed by atoms with Gasteiger partial charge in [0.2, 0.25) is 11.8 Å². The van der Waals surface area contributed by atoms with Crippen LogP contribution in [0, 0.1) is 0 Å². The van der Waals surface area contributed by atoms with E-state index in [2.05, 4.69) is 39.4 Å². The highest BCUT2D eigenvalue weighted by atomic mass is 16.4. The van der Waals surface area contributed by atoms with Crippen molar-refractivity contribution >= 4 is 5.91 Å². The third-order valence-electron chi connectivity index (χ3n) is 9.31. The van der Waals surface area contributed by atoms with Crippen molar-refractivity contribution in [3.05, 3.63) is 114 Å². The monoisotopic (exact) mass is 616 g/mol. The number of carbonyl (C=O) groups is 1. The average molecular weight is 617 g/mol. The second-order valence-electron chi connectivity index (χ2n) is 12.7. The van der Waals surface area contributed by atoms with Gasteiger partial charge in [-0.25, -0.2) is 4.98 Å². The van der Waals surface area contributed by atoms with Gasteiger partial charge in [-0.2, -0.15) is 0 Å². The molecule has 1 atom stereocenters. The zero-order chi connectivity index (χ0) is 31.3. The van der Waals surface area contributed by atoms with Gasteiger partial charge in [0.1, 0.15) is 0 Å². The molecule has 9 nitrogen and oxygen atoms in total. The number of aliphatic hydroxyl groups is 1. The molecule has 1 aliphatic heterocycles. The molecule has 1 saturated heterocycles. The largest absolute Gasteiger partial charge is 0.421 e. The van der Waals surface area contributed by atoms with Gasteiger partial charge < -0.3 is 19.0 Å². The van der Waals surface area contributed by atoms with E-state index in [-0.39, 0.29) is 11.9 Å². The first-order valence-electron chi connectivity index (χ1n) is 16.3. The molecule has 9 heteroatoms. The molecule has 0 spiro atoms. The SMILES string of the molecule is O=C(c1ncn(CC2(O)CCCCC2)c1-c1ccccc1)N1CCN(Cc2ccccc2)C[C@H]1Cc1nnc(-c2ccccc2)o1. The minimum Gasteiger partial charge on any atom is -0.421 e. The Bertz CT molecular complexity index is 1730. The van der Waals surface area contributed by atoms with Crippen LogP contribution < -0.4 is 0 Å². The minimum absolute atomic E-state index is 0.125. The Labute approximate surface area is 269 Å². The van der Waals surface area contributed by atoms with Crippen LogP contribution in [0.4, 0.5) is 0 Å². The van der Waals surface area contributed by atoms with Crippen LogP contribution in [0.15, 0.2) is 102 Å². The van der Waals surface area contributed by atoms with E-state index in [1.807, 2.05) is 76.2 Å². The molecule has 1 N–H and O–H groups in total. The summed E-state index contributed by atoms with van der Waals surface area (Å²) in [5, 5.41) is 20.2. The summed E-state index contributed by atoms with van der Waals surface area (Å²) in [5.41, 5.74) is 3.36. The van der Waals surface area contributed by atoms with Crippen molar-refractivity contribution in [3.8, 4) is 22.7 Å². The van der Waals surface area contributed by atoms with E-state index in [4.69, 9.17) is 9.40 Å². The maximum Gasteiger partial charge on any atom is 0.275 e. The summed E-state index contributed by atoms with van der Waals surface area (Å²) in [4.78, 5) is 23.6. The molecule has 5 aromatic rings. The predicted molar refractivity (Wildman–Crippen MR) is 176 cm³/mol. The number of imidazole rings is 1. The molecule has 3 heterocycles. The molecule has 236 valence electrons. The second-order valence-corrected chi connectivity index (χ2v) is 12.7. The molecule has 0 radical (unpaired) electrons. The molecular weight excluding hydrogens is 576 g/mol. The molecule has 2 aromatic heterocycles. The molecule has 2 fully saturated rings. The van der Waals surface area contributed by atoms with Gasteiger partial charge in [0.25, 0.3) is 5.91 Å². The van der Waals surface area contributed by atoms with Gasteiger partial charge in [-0.3, -0.25) is 9.69 Å². The third kappa shape index (κ3) is 6.66. The molecule has 46 heavy (non-hydrogen) atoms. The number of hydrogen-bond acceptors (Lipinski definition) is 7. The van der Waals surface area contributed by atoms with Gasteiger partial charge in [0, 0.05) is 43.7 Å². The lowest BCUT2D eigenvalue weighted by Gasteiger charge is -2.41. The highest BCUT2D eigenvalue weighted by Crippen LogP contribution is 2.33. The van der Waals surface area contributed by atoms with Crippen molar-refractivity contribution in [3.63, 3.8) is 0 Å². The maximum absolute atomic E-state index is 14.6. The molecule has 1 amide bonds. The second kappa shape index (κ2) is 13.4.